The Kier molecular flexibility index (Phi) is 4.10. The summed E-state index contributed by atoms with van der Waals surface area (Å²) < 4.78 is 2.21. The number of aromatic nitrogens is 1. The quantitative estimate of drug-likeness (QED) is 0.693. The van der Waals surface area contributed by atoms with E-state index in [1.54, 1.807) is 5.56 Å². The summed E-state index contributed by atoms with van der Waals surface area (Å²) >= 11 is 0. The first-order chi connectivity index (χ1) is 10.2. The molecule has 1 aliphatic rings. The molecule has 0 N–H and O–H groups in total. The largest absolute Gasteiger partial charge is 0.212 e. The van der Waals surface area contributed by atoms with E-state index in [0.717, 1.165) is 5.92 Å². The van der Waals surface area contributed by atoms with E-state index >= 15 is 0 Å². The molecule has 1 fully saturated rings. The van der Waals surface area contributed by atoms with Gasteiger partial charge in [0.1, 0.15) is 7.05 Å². The molecule has 0 amide bonds. The molecule has 0 unspecified atom stereocenters. The molecule has 3 rings (SSSR count). The number of hydrogen-bond acceptors (Lipinski definition) is 0. The van der Waals surface area contributed by atoms with Crippen LogP contribution in [0, 0.1) is 13.8 Å². The first-order valence-corrected chi connectivity index (χ1v) is 8.23. The van der Waals surface area contributed by atoms with E-state index in [9.17, 15) is 0 Å². The summed E-state index contributed by atoms with van der Waals surface area (Å²) in [5.74, 6) is 0.788. The second-order valence-corrected chi connectivity index (χ2v) is 6.56. The third-order valence-corrected chi connectivity index (χ3v) is 4.99. The van der Waals surface area contributed by atoms with E-state index in [1.165, 1.54) is 54.5 Å². The summed E-state index contributed by atoms with van der Waals surface area (Å²) in [5.41, 5.74) is 7.13. The van der Waals surface area contributed by atoms with E-state index in [0.29, 0.717) is 0 Å². The predicted octanol–water partition coefficient (Wildman–Crippen LogP) is 4.84. The summed E-state index contributed by atoms with van der Waals surface area (Å²) in [6.45, 7) is 4.55. The van der Waals surface area contributed by atoms with Crippen molar-refractivity contribution in [2.45, 2.75) is 51.9 Å². The molecule has 1 aliphatic carbocycles. The van der Waals surface area contributed by atoms with Crippen LogP contribution in [0.25, 0.3) is 11.3 Å². The van der Waals surface area contributed by atoms with E-state index < -0.39 is 0 Å². The van der Waals surface area contributed by atoms with Crippen molar-refractivity contribution >= 4 is 0 Å². The van der Waals surface area contributed by atoms with Crippen LogP contribution >= 0.6 is 0 Å². The van der Waals surface area contributed by atoms with E-state index in [1.807, 2.05) is 0 Å². The van der Waals surface area contributed by atoms with Crippen LogP contribution in [0.5, 0.6) is 0 Å². The van der Waals surface area contributed by atoms with Crippen LogP contribution in [0.2, 0.25) is 0 Å². The molecule has 0 radical (unpaired) electrons. The standard InChI is InChI=1S/C20H26N/c1-15-14-19(20-11-7-8-12-21(20)3)16(2)13-18(15)17-9-5-4-6-10-17/h7-8,11-14,17H,4-6,9-10H2,1-3H3/q+1. The molecular weight excluding hydrogens is 254 g/mol. The second-order valence-electron chi connectivity index (χ2n) is 6.56. The number of benzene rings is 1. The third-order valence-electron chi connectivity index (χ3n) is 4.99. The van der Waals surface area contributed by atoms with Crippen molar-refractivity contribution in [3.63, 3.8) is 0 Å². The number of hydrogen-bond donors (Lipinski definition) is 0. The Morgan fingerprint density at radius 1 is 0.952 bits per heavy atom. The molecule has 1 heterocycles. The lowest BCUT2D eigenvalue weighted by Gasteiger charge is -2.24. The fourth-order valence-electron chi connectivity index (χ4n) is 3.77. The maximum absolute atomic E-state index is 2.45. The molecule has 0 spiro atoms. The van der Waals surface area contributed by atoms with Crippen LogP contribution in [-0.2, 0) is 7.05 Å². The second kappa shape index (κ2) is 6.01. The lowest BCUT2D eigenvalue weighted by molar-refractivity contribution is -0.660. The highest BCUT2D eigenvalue weighted by molar-refractivity contribution is 5.63. The minimum Gasteiger partial charge on any atom is -0.201 e. The van der Waals surface area contributed by atoms with Crippen molar-refractivity contribution < 1.29 is 4.57 Å². The zero-order valence-corrected chi connectivity index (χ0v) is 13.5. The SMILES string of the molecule is Cc1cc(C2CCCCC2)c(C)cc1-c1cccc[n+]1C. The molecule has 2 aromatic rings. The molecule has 21 heavy (non-hydrogen) atoms. The van der Waals surface area contributed by atoms with Crippen molar-refractivity contribution in [2.24, 2.45) is 7.05 Å². The number of aryl methyl sites for hydroxylation is 3. The van der Waals surface area contributed by atoms with Gasteiger partial charge < -0.3 is 0 Å². The normalized spacial score (nSPS) is 16.1. The molecule has 1 nitrogen and oxygen atoms in total. The van der Waals surface area contributed by atoms with Gasteiger partial charge in [-0.3, -0.25) is 0 Å². The zero-order chi connectivity index (χ0) is 14.8. The molecule has 0 saturated heterocycles. The van der Waals surface area contributed by atoms with Crippen LogP contribution in [0.1, 0.15) is 54.7 Å². The van der Waals surface area contributed by atoms with Crippen LogP contribution in [-0.4, -0.2) is 0 Å². The van der Waals surface area contributed by atoms with Crippen molar-refractivity contribution in [3.8, 4) is 11.3 Å². The third kappa shape index (κ3) is 2.88. The Labute approximate surface area is 128 Å². The van der Waals surface area contributed by atoms with Gasteiger partial charge >= 0.3 is 0 Å². The van der Waals surface area contributed by atoms with E-state index in [2.05, 4.69) is 62.0 Å². The van der Waals surface area contributed by atoms with Crippen LogP contribution in [0.3, 0.4) is 0 Å². The molecule has 0 aliphatic heterocycles. The Morgan fingerprint density at radius 2 is 1.71 bits per heavy atom. The molecule has 0 bridgehead atoms. The molecule has 110 valence electrons. The highest BCUT2D eigenvalue weighted by Gasteiger charge is 2.20. The summed E-state index contributed by atoms with van der Waals surface area (Å²) in [5, 5.41) is 0. The monoisotopic (exact) mass is 280 g/mol. The van der Waals surface area contributed by atoms with Crippen LogP contribution in [0.4, 0.5) is 0 Å². The number of pyridine rings is 1. The zero-order valence-electron chi connectivity index (χ0n) is 13.5. The fraction of sp³-hybridized carbons (Fsp3) is 0.450. The Balaban J connectivity index is 2.02. The van der Waals surface area contributed by atoms with Gasteiger partial charge in [0.25, 0.3) is 0 Å². The molecule has 1 saturated carbocycles. The first-order valence-electron chi connectivity index (χ1n) is 8.23. The minimum atomic E-state index is 0.788. The average Bonchev–Trinajstić information content (AvgIpc) is 2.51. The number of rotatable bonds is 2. The summed E-state index contributed by atoms with van der Waals surface area (Å²) in [6, 6.07) is 11.3. The Hall–Kier alpha value is -1.63. The van der Waals surface area contributed by atoms with Gasteiger partial charge in [-0.25, -0.2) is 4.57 Å². The lowest BCUT2D eigenvalue weighted by Crippen LogP contribution is -2.30. The predicted molar refractivity (Wildman–Crippen MR) is 88.4 cm³/mol. The summed E-state index contributed by atoms with van der Waals surface area (Å²) in [4.78, 5) is 0. The molecule has 0 atom stereocenters. The summed E-state index contributed by atoms with van der Waals surface area (Å²) in [6.07, 6.45) is 9.10. The van der Waals surface area contributed by atoms with Crippen molar-refractivity contribution in [1.82, 2.24) is 0 Å². The summed E-state index contributed by atoms with van der Waals surface area (Å²) in [7, 11) is 2.12. The van der Waals surface area contributed by atoms with Crippen molar-refractivity contribution in [1.29, 1.82) is 0 Å². The van der Waals surface area contributed by atoms with Gasteiger partial charge in [0.05, 0.1) is 0 Å². The molecule has 1 aromatic heterocycles. The van der Waals surface area contributed by atoms with Crippen molar-refractivity contribution in [3.05, 3.63) is 53.2 Å². The maximum Gasteiger partial charge on any atom is 0.212 e. The van der Waals surface area contributed by atoms with Gasteiger partial charge in [0.2, 0.25) is 5.69 Å². The van der Waals surface area contributed by atoms with Gasteiger partial charge in [-0.15, -0.1) is 0 Å². The van der Waals surface area contributed by atoms with E-state index in [-0.39, 0.29) is 0 Å². The van der Waals surface area contributed by atoms with Gasteiger partial charge in [-0.1, -0.05) is 25.3 Å². The molecule has 1 aromatic carbocycles. The van der Waals surface area contributed by atoms with Crippen molar-refractivity contribution in [2.75, 3.05) is 0 Å². The van der Waals surface area contributed by atoms with E-state index in [4.69, 9.17) is 0 Å². The highest BCUT2D eigenvalue weighted by atomic mass is 14.9. The number of nitrogens with zero attached hydrogens (tertiary/aromatic N) is 1. The lowest BCUT2D eigenvalue weighted by atomic mass is 9.81. The van der Waals surface area contributed by atoms with Gasteiger partial charge in [0.15, 0.2) is 6.20 Å². The van der Waals surface area contributed by atoms with Crippen LogP contribution < -0.4 is 4.57 Å². The average molecular weight is 280 g/mol. The maximum atomic E-state index is 2.45. The Morgan fingerprint density at radius 3 is 2.43 bits per heavy atom. The highest BCUT2D eigenvalue weighted by Crippen LogP contribution is 2.36. The fourth-order valence-corrected chi connectivity index (χ4v) is 3.77. The van der Waals surface area contributed by atoms with Gasteiger partial charge in [-0.05, 0) is 61.4 Å². The van der Waals surface area contributed by atoms with Crippen LogP contribution in [0.15, 0.2) is 36.5 Å². The molecule has 1 heteroatoms. The first kappa shape index (κ1) is 14.3. The van der Waals surface area contributed by atoms with Gasteiger partial charge in [-0.2, -0.15) is 0 Å². The van der Waals surface area contributed by atoms with Gasteiger partial charge in [0, 0.05) is 17.7 Å². The Bertz CT molecular complexity index is 636. The molecular formula is C20H26N+. The minimum absolute atomic E-state index is 0.788. The smallest absolute Gasteiger partial charge is 0.201 e. The topological polar surface area (TPSA) is 3.88 Å².